The first-order valence-electron chi connectivity index (χ1n) is 12.8. The van der Waals surface area contributed by atoms with E-state index in [1.54, 1.807) is 13.1 Å². The molecule has 1 atom stereocenters. The lowest BCUT2D eigenvalue weighted by Crippen LogP contribution is -2.38. The zero-order valence-corrected chi connectivity index (χ0v) is 21.4. The predicted octanol–water partition coefficient (Wildman–Crippen LogP) is 5.80. The molecule has 0 saturated heterocycles. The maximum Gasteiger partial charge on any atom is 0.224 e. The van der Waals surface area contributed by atoms with Crippen LogP contribution in [0, 0.1) is 5.92 Å². The molecule has 0 bridgehead atoms. The molecule has 36 heavy (non-hydrogen) atoms. The number of pyridine rings is 1. The Balaban J connectivity index is 1.48. The lowest BCUT2D eigenvalue weighted by atomic mass is 9.83. The number of hydrogen-bond donors (Lipinski definition) is 2. The van der Waals surface area contributed by atoms with Crippen LogP contribution in [0.3, 0.4) is 0 Å². The Hall–Kier alpha value is -3.51. The number of rotatable bonds is 7. The summed E-state index contributed by atoms with van der Waals surface area (Å²) in [6, 6.07) is 20.5. The molecule has 1 saturated carbocycles. The van der Waals surface area contributed by atoms with Gasteiger partial charge in [-0.1, -0.05) is 54.6 Å². The SMILES string of the molecule is CC(=O)N(C)C1CCC(CC(=O)Nc2cnc(-c3ccc(C(C)N)cc3)c(-c3ccccc3)c2)CC1. The van der Waals surface area contributed by atoms with Crippen molar-refractivity contribution >= 4 is 17.5 Å². The Morgan fingerprint density at radius 1 is 1.03 bits per heavy atom. The molecule has 0 aliphatic heterocycles. The Morgan fingerprint density at radius 2 is 1.69 bits per heavy atom. The summed E-state index contributed by atoms with van der Waals surface area (Å²) in [5.41, 5.74) is 11.7. The van der Waals surface area contributed by atoms with Crippen LogP contribution in [-0.2, 0) is 9.59 Å². The highest BCUT2D eigenvalue weighted by atomic mass is 16.2. The van der Waals surface area contributed by atoms with E-state index in [-0.39, 0.29) is 23.9 Å². The maximum absolute atomic E-state index is 12.9. The molecule has 1 unspecified atom stereocenters. The average Bonchev–Trinajstić information content (AvgIpc) is 2.89. The van der Waals surface area contributed by atoms with E-state index < -0.39 is 0 Å². The van der Waals surface area contributed by atoms with Crippen molar-refractivity contribution in [2.75, 3.05) is 12.4 Å². The Labute approximate surface area is 213 Å². The molecule has 188 valence electrons. The first-order chi connectivity index (χ1) is 17.3. The van der Waals surface area contributed by atoms with Crippen molar-refractivity contribution in [1.29, 1.82) is 0 Å². The molecule has 1 heterocycles. The van der Waals surface area contributed by atoms with Crippen LogP contribution in [0.2, 0.25) is 0 Å². The minimum atomic E-state index is -0.0247. The summed E-state index contributed by atoms with van der Waals surface area (Å²) >= 11 is 0. The zero-order chi connectivity index (χ0) is 25.7. The molecule has 2 amide bonds. The highest BCUT2D eigenvalue weighted by molar-refractivity contribution is 5.93. The number of carbonyl (C=O) groups excluding carboxylic acids is 2. The number of nitrogens with one attached hydrogen (secondary N) is 1. The molecule has 1 aliphatic carbocycles. The smallest absolute Gasteiger partial charge is 0.224 e. The summed E-state index contributed by atoms with van der Waals surface area (Å²) in [7, 11) is 1.87. The number of amides is 2. The lowest BCUT2D eigenvalue weighted by molar-refractivity contribution is -0.130. The predicted molar refractivity (Wildman–Crippen MR) is 145 cm³/mol. The first kappa shape index (κ1) is 25.6. The molecule has 4 rings (SSSR count). The molecular formula is C30H36N4O2. The fourth-order valence-corrected chi connectivity index (χ4v) is 5.01. The number of hydrogen-bond acceptors (Lipinski definition) is 4. The number of aromatic nitrogens is 1. The fraction of sp³-hybridized carbons (Fsp3) is 0.367. The molecule has 2 aromatic carbocycles. The summed E-state index contributed by atoms with van der Waals surface area (Å²) in [4.78, 5) is 31.1. The minimum absolute atomic E-state index is 0.00761. The molecule has 0 radical (unpaired) electrons. The van der Waals surface area contributed by atoms with E-state index in [1.165, 1.54) is 0 Å². The Bertz CT molecular complexity index is 1180. The van der Waals surface area contributed by atoms with Crippen LogP contribution >= 0.6 is 0 Å². The third-order valence-electron chi connectivity index (χ3n) is 7.30. The molecule has 1 fully saturated rings. The summed E-state index contributed by atoms with van der Waals surface area (Å²) in [5.74, 6) is 0.449. The van der Waals surface area contributed by atoms with E-state index in [1.807, 2.05) is 67.4 Å². The van der Waals surface area contributed by atoms with E-state index in [0.717, 1.165) is 53.6 Å². The van der Waals surface area contributed by atoms with Gasteiger partial charge in [-0.05, 0) is 55.7 Å². The van der Waals surface area contributed by atoms with Crippen LogP contribution in [0.25, 0.3) is 22.4 Å². The monoisotopic (exact) mass is 484 g/mol. The lowest BCUT2D eigenvalue weighted by Gasteiger charge is -2.34. The van der Waals surface area contributed by atoms with Gasteiger partial charge in [0.1, 0.15) is 0 Å². The largest absolute Gasteiger partial charge is 0.343 e. The summed E-state index contributed by atoms with van der Waals surface area (Å²) in [6.07, 6.45) is 6.03. The van der Waals surface area contributed by atoms with Crippen LogP contribution in [0.1, 0.15) is 57.6 Å². The molecule has 6 heteroatoms. The van der Waals surface area contributed by atoms with E-state index in [2.05, 4.69) is 17.4 Å². The number of benzene rings is 2. The van der Waals surface area contributed by atoms with E-state index >= 15 is 0 Å². The van der Waals surface area contributed by atoms with Gasteiger partial charge < -0.3 is 16.0 Å². The standard InChI is InChI=1S/C30H36N4O2/c1-20(31)23-11-13-25(14-12-23)30-28(24-7-5-4-6-8-24)18-26(19-32-30)33-29(36)17-22-9-15-27(16-10-22)34(3)21(2)35/h4-8,11-14,18-20,22,27H,9-10,15-17,31H2,1-3H3,(H,33,36). The van der Waals surface area contributed by atoms with Crippen molar-refractivity contribution < 1.29 is 9.59 Å². The molecule has 1 aliphatic rings. The first-order valence-corrected chi connectivity index (χ1v) is 12.8. The molecule has 3 N–H and O–H groups in total. The third-order valence-corrected chi connectivity index (χ3v) is 7.30. The second-order valence-electron chi connectivity index (χ2n) is 9.95. The molecule has 6 nitrogen and oxygen atoms in total. The third kappa shape index (κ3) is 6.18. The van der Waals surface area contributed by atoms with Gasteiger partial charge in [0.05, 0.1) is 17.6 Å². The van der Waals surface area contributed by atoms with Crippen molar-refractivity contribution in [3.05, 3.63) is 72.4 Å². The van der Waals surface area contributed by atoms with Crippen LogP contribution in [-0.4, -0.2) is 34.8 Å². The molecule has 1 aromatic heterocycles. The second-order valence-corrected chi connectivity index (χ2v) is 9.95. The average molecular weight is 485 g/mol. The van der Waals surface area contributed by atoms with Crippen LogP contribution in [0.4, 0.5) is 5.69 Å². The van der Waals surface area contributed by atoms with Gasteiger partial charge in [0.25, 0.3) is 0 Å². The topological polar surface area (TPSA) is 88.3 Å². The summed E-state index contributed by atoms with van der Waals surface area (Å²) in [5, 5.41) is 3.07. The highest BCUT2D eigenvalue weighted by Crippen LogP contribution is 2.34. The van der Waals surface area contributed by atoms with Crippen LogP contribution in [0.15, 0.2) is 66.9 Å². The van der Waals surface area contributed by atoms with Gasteiger partial charge in [-0.25, -0.2) is 0 Å². The normalized spacial score (nSPS) is 18.3. The van der Waals surface area contributed by atoms with Crippen molar-refractivity contribution in [2.45, 2.75) is 58.0 Å². The number of carbonyl (C=O) groups is 2. The van der Waals surface area contributed by atoms with Crippen molar-refractivity contribution in [2.24, 2.45) is 11.7 Å². The fourth-order valence-electron chi connectivity index (χ4n) is 5.01. The van der Waals surface area contributed by atoms with E-state index in [4.69, 9.17) is 10.7 Å². The number of anilines is 1. The van der Waals surface area contributed by atoms with E-state index in [9.17, 15) is 9.59 Å². The number of nitrogens with zero attached hydrogens (tertiary/aromatic N) is 2. The van der Waals surface area contributed by atoms with Crippen molar-refractivity contribution in [3.63, 3.8) is 0 Å². The Kier molecular flexibility index (Phi) is 8.16. The van der Waals surface area contributed by atoms with Gasteiger partial charge in [0.15, 0.2) is 0 Å². The molecule has 0 spiro atoms. The van der Waals surface area contributed by atoms with Gasteiger partial charge in [-0.3, -0.25) is 14.6 Å². The van der Waals surface area contributed by atoms with Crippen molar-refractivity contribution in [1.82, 2.24) is 9.88 Å². The van der Waals surface area contributed by atoms with Gasteiger partial charge in [-0.15, -0.1) is 0 Å². The Morgan fingerprint density at radius 3 is 2.31 bits per heavy atom. The van der Waals surface area contributed by atoms with Crippen molar-refractivity contribution in [3.8, 4) is 22.4 Å². The van der Waals surface area contributed by atoms with Gasteiger partial charge in [-0.2, -0.15) is 0 Å². The van der Waals surface area contributed by atoms with Crippen LogP contribution in [0.5, 0.6) is 0 Å². The number of nitrogens with two attached hydrogens (primary N) is 1. The van der Waals surface area contributed by atoms with Crippen LogP contribution < -0.4 is 11.1 Å². The summed E-state index contributed by atoms with van der Waals surface area (Å²) in [6.45, 7) is 3.58. The van der Waals surface area contributed by atoms with Gasteiger partial charge in [0, 0.05) is 43.6 Å². The maximum atomic E-state index is 12.9. The van der Waals surface area contributed by atoms with Gasteiger partial charge in [0.2, 0.25) is 11.8 Å². The summed E-state index contributed by atoms with van der Waals surface area (Å²) < 4.78 is 0. The zero-order valence-electron chi connectivity index (χ0n) is 21.4. The van der Waals surface area contributed by atoms with Gasteiger partial charge >= 0.3 is 0 Å². The molecule has 3 aromatic rings. The minimum Gasteiger partial charge on any atom is -0.343 e. The molecular weight excluding hydrogens is 448 g/mol. The van der Waals surface area contributed by atoms with E-state index in [0.29, 0.717) is 18.0 Å². The quantitative estimate of drug-likeness (QED) is 0.443. The second kappa shape index (κ2) is 11.5. The highest BCUT2D eigenvalue weighted by Gasteiger charge is 2.26.